The van der Waals surface area contributed by atoms with Crippen LogP contribution in [0.5, 0.6) is 0 Å². The standard InChI is InChI=1S/C15H11ClN4O2S/c1-7-19-9-3-4-10(11(16)14(9)23-7)20-6-8(5-17)12(18)13(20)15(21)22-2/h3-4,6H,18H2,1-2H3. The zero-order valence-electron chi connectivity index (χ0n) is 12.3. The van der Waals surface area contributed by atoms with Crippen LogP contribution >= 0.6 is 22.9 Å². The second kappa shape index (κ2) is 5.57. The molecule has 0 aliphatic rings. The summed E-state index contributed by atoms with van der Waals surface area (Å²) in [6.07, 6.45) is 1.47. The largest absolute Gasteiger partial charge is 0.464 e. The summed E-state index contributed by atoms with van der Waals surface area (Å²) in [7, 11) is 1.25. The number of carbonyl (C=O) groups is 1. The van der Waals surface area contributed by atoms with E-state index in [4.69, 9.17) is 27.3 Å². The summed E-state index contributed by atoms with van der Waals surface area (Å²) in [6, 6.07) is 5.50. The number of nitrogens with two attached hydrogens (primary N) is 1. The highest BCUT2D eigenvalue weighted by atomic mass is 35.5. The summed E-state index contributed by atoms with van der Waals surface area (Å²) in [5.41, 5.74) is 7.54. The number of hydrogen-bond acceptors (Lipinski definition) is 6. The minimum Gasteiger partial charge on any atom is -0.464 e. The van der Waals surface area contributed by atoms with Gasteiger partial charge in [0.25, 0.3) is 0 Å². The summed E-state index contributed by atoms with van der Waals surface area (Å²) in [5.74, 6) is -0.638. The van der Waals surface area contributed by atoms with Crippen LogP contribution in [0.2, 0.25) is 5.02 Å². The van der Waals surface area contributed by atoms with Crippen LogP contribution in [-0.4, -0.2) is 22.6 Å². The lowest BCUT2D eigenvalue weighted by Crippen LogP contribution is -2.11. The number of nitrogens with zero attached hydrogens (tertiary/aromatic N) is 3. The Hall–Kier alpha value is -2.56. The van der Waals surface area contributed by atoms with Crippen molar-refractivity contribution in [2.45, 2.75) is 6.92 Å². The Morgan fingerprint density at radius 3 is 2.91 bits per heavy atom. The molecule has 8 heteroatoms. The predicted octanol–water partition coefficient (Wildman–Crippen LogP) is 3.29. The van der Waals surface area contributed by atoms with Gasteiger partial charge >= 0.3 is 5.97 Å². The highest BCUT2D eigenvalue weighted by Gasteiger charge is 2.23. The summed E-state index contributed by atoms with van der Waals surface area (Å²) in [6.45, 7) is 1.89. The highest BCUT2D eigenvalue weighted by molar-refractivity contribution is 7.19. The molecule has 0 radical (unpaired) electrons. The Balaban J connectivity index is 2.32. The van der Waals surface area contributed by atoms with Gasteiger partial charge in [-0.1, -0.05) is 11.6 Å². The van der Waals surface area contributed by atoms with Crippen LogP contribution in [0.3, 0.4) is 0 Å². The molecule has 2 aromatic heterocycles. The lowest BCUT2D eigenvalue weighted by molar-refractivity contribution is 0.0593. The molecule has 0 aliphatic carbocycles. The maximum absolute atomic E-state index is 12.1. The zero-order chi connectivity index (χ0) is 16.7. The lowest BCUT2D eigenvalue weighted by atomic mass is 10.2. The molecule has 0 amide bonds. The van der Waals surface area contributed by atoms with Gasteiger partial charge in [0.15, 0.2) is 5.69 Å². The molecule has 0 unspecified atom stereocenters. The van der Waals surface area contributed by atoms with E-state index >= 15 is 0 Å². The van der Waals surface area contributed by atoms with Gasteiger partial charge in [-0.2, -0.15) is 5.26 Å². The number of nitrogen functional groups attached to an aromatic ring is 1. The van der Waals surface area contributed by atoms with Gasteiger partial charge in [-0.3, -0.25) is 0 Å². The third-order valence-corrected chi connectivity index (χ3v) is 4.89. The Morgan fingerprint density at radius 2 is 2.26 bits per heavy atom. The molecular weight excluding hydrogens is 336 g/mol. The molecule has 3 aromatic rings. The van der Waals surface area contributed by atoms with E-state index in [1.54, 1.807) is 6.07 Å². The van der Waals surface area contributed by atoms with Crippen molar-refractivity contribution < 1.29 is 9.53 Å². The SMILES string of the molecule is COC(=O)c1c(N)c(C#N)cn1-c1ccc2nc(C)sc2c1Cl. The van der Waals surface area contributed by atoms with Crippen molar-refractivity contribution in [2.75, 3.05) is 12.8 Å². The average molecular weight is 347 g/mol. The Labute approximate surface area is 140 Å². The number of aryl methyl sites for hydroxylation is 1. The third-order valence-electron chi connectivity index (χ3n) is 3.39. The predicted molar refractivity (Wildman–Crippen MR) is 89.2 cm³/mol. The molecule has 23 heavy (non-hydrogen) atoms. The van der Waals surface area contributed by atoms with Crippen molar-refractivity contribution >= 4 is 44.8 Å². The van der Waals surface area contributed by atoms with Crippen molar-refractivity contribution in [3.63, 3.8) is 0 Å². The van der Waals surface area contributed by atoms with Crippen LogP contribution in [0, 0.1) is 18.3 Å². The second-order valence-electron chi connectivity index (χ2n) is 4.76. The molecule has 0 saturated carbocycles. The first-order valence-corrected chi connectivity index (χ1v) is 7.72. The maximum atomic E-state index is 12.1. The van der Waals surface area contributed by atoms with E-state index in [2.05, 4.69) is 4.98 Å². The number of thiazole rings is 1. The average Bonchev–Trinajstić information content (AvgIpc) is 3.07. The van der Waals surface area contributed by atoms with E-state index in [-0.39, 0.29) is 16.9 Å². The summed E-state index contributed by atoms with van der Waals surface area (Å²) in [5, 5.41) is 10.5. The van der Waals surface area contributed by atoms with Crippen molar-refractivity contribution in [2.24, 2.45) is 0 Å². The highest BCUT2D eigenvalue weighted by Crippen LogP contribution is 2.36. The fourth-order valence-corrected chi connectivity index (χ4v) is 3.57. The van der Waals surface area contributed by atoms with E-state index in [1.165, 1.54) is 29.2 Å². The summed E-state index contributed by atoms with van der Waals surface area (Å²) in [4.78, 5) is 16.4. The van der Waals surface area contributed by atoms with E-state index in [9.17, 15) is 4.79 Å². The van der Waals surface area contributed by atoms with Gasteiger partial charge in [0.1, 0.15) is 6.07 Å². The first-order chi connectivity index (χ1) is 11.0. The molecule has 0 bridgehead atoms. The second-order valence-corrected chi connectivity index (χ2v) is 6.34. The molecular formula is C15H11ClN4O2S. The summed E-state index contributed by atoms with van der Waals surface area (Å²) >= 11 is 7.94. The number of carbonyl (C=O) groups excluding carboxylic acids is 1. The minimum absolute atomic E-state index is 0.0657. The molecule has 0 fully saturated rings. The fourth-order valence-electron chi connectivity index (χ4n) is 2.35. The zero-order valence-corrected chi connectivity index (χ0v) is 13.8. The van der Waals surface area contributed by atoms with Crippen molar-refractivity contribution in [3.8, 4) is 11.8 Å². The van der Waals surface area contributed by atoms with Gasteiger partial charge in [0, 0.05) is 6.20 Å². The minimum atomic E-state index is -0.638. The molecule has 0 spiro atoms. The molecule has 3 rings (SSSR count). The first-order valence-electron chi connectivity index (χ1n) is 6.53. The Bertz CT molecular complexity index is 984. The molecule has 0 aliphatic heterocycles. The number of nitriles is 1. The number of rotatable bonds is 2. The molecule has 2 N–H and O–H groups in total. The fraction of sp³-hybridized carbons (Fsp3) is 0.133. The number of methoxy groups -OCH3 is 1. The molecule has 0 atom stereocenters. The number of hydrogen-bond donors (Lipinski definition) is 1. The van der Waals surface area contributed by atoms with E-state index < -0.39 is 5.97 Å². The van der Waals surface area contributed by atoms with Crippen molar-refractivity contribution in [1.82, 2.24) is 9.55 Å². The van der Waals surface area contributed by atoms with Gasteiger partial charge in [-0.15, -0.1) is 11.3 Å². The van der Waals surface area contributed by atoms with Crippen LogP contribution in [-0.2, 0) is 4.74 Å². The third kappa shape index (κ3) is 2.32. The number of halogens is 1. The molecule has 2 heterocycles. The summed E-state index contributed by atoms with van der Waals surface area (Å²) < 4.78 is 7.06. The van der Waals surface area contributed by atoms with Gasteiger partial charge in [0.05, 0.1) is 44.3 Å². The smallest absolute Gasteiger partial charge is 0.357 e. The quantitative estimate of drug-likeness (QED) is 0.718. The lowest BCUT2D eigenvalue weighted by Gasteiger charge is -2.10. The van der Waals surface area contributed by atoms with Gasteiger partial charge in [-0.25, -0.2) is 9.78 Å². The number of esters is 1. The van der Waals surface area contributed by atoms with Crippen LogP contribution in [0.25, 0.3) is 15.9 Å². The van der Waals surface area contributed by atoms with Gasteiger partial charge in [0.2, 0.25) is 0 Å². The van der Waals surface area contributed by atoms with Crippen molar-refractivity contribution in [3.05, 3.63) is 39.6 Å². The van der Waals surface area contributed by atoms with Crippen molar-refractivity contribution in [1.29, 1.82) is 5.26 Å². The van der Waals surface area contributed by atoms with Gasteiger partial charge < -0.3 is 15.0 Å². The number of benzene rings is 1. The number of anilines is 1. The normalized spacial score (nSPS) is 10.7. The maximum Gasteiger partial charge on any atom is 0.357 e. The van der Waals surface area contributed by atoms with Gasteiger partial charge in [-0.05, 0) is 19.1 Å². The number of aromatic nitrogens is 2. The van der Waals surface area contributed by atoms with Crippen LogP contribution in [0.15, 0.2) is 18.3 Å². The number of fused-ring (bicyclic) bond motifs is 1. The first kappa shape index (κ1) is 15.3. The van der Waals surface area contributed by atoms with E-state index in [1.807, 2.05) is 19.1 Å². The molecule has 6 nitrogen and oxygen atoms in total. The molecule has 0 saturated heterocycles. The Morgan fingerprint density at radius 1 is 1.52 bits per heavy atom. The van der Waals surface area contributed by atoms with Crippen LogP contribution in [0.1, 0.15) is 21.1 Å². The molecule has 1 aromatic carbocycles. The van der Waals surface area contributed by atoms with E-state index in [0.717, 1.165) is 15.2 Å². The monoisotopic (exact) mass is 346 g/mol. The topological polar surface area (TPSA) is 93.9 Å². The van der Waals surface area contributed by atoms with E-state index in [0.29, 0.717) is 10.7 Å². The van der Waals surface area contributed by atoms with Crippen LogP contribution < -0.4 is 5.73 Å². The number of ether oxygens (including phenoxy) is 1. The molecule has 116 valence electrons. The Kier molecular flexibility index (Phi) is 3.72. The van der Waals surface area contributed by atoms with Crippen LogP contribution in [0.4, 0.5) is 5.69 Å².